The van der Waals surface area contributed by atoms with Crippen LogP contribution in [0.1, 0.15) is 36.0 Å². The molecule has 1 aromatic rings. The second-order valence-electron chi connectivity index (χ2n) is 4.34. The van der Waals surface area contributed by atoms with E-state index in [-0.39, 0.29) is 5.97 Å². The third kappa shape index (κ3) is 3.46. The van der Waals surface area contributed by atoms with Crippen molar-refractivity contribution in [2.24, 2.45) is 5.92 Å². The lowest BCUT2D eigenvalue weighted by molar-refractivity contribution is 0.0600. The van der Waals surface area contributed by atoms with E-state index in [1.54, 1.807) is 24.0 Å². The van der Waals surface area contributed by atoms with E-state index in [9.17, 15) is 4.79 Å². The van der Waals surface area contributed by atoms with E-state index in [0.717, 1.165) is 16.7 Å². The Kier molecular flexibility index (Phi) is 4.42. The number of aromatic nitrogens is 1. The third-order valence-electron chi connectivity index (χ3n) is 3.10. The summed E-state index contributed by atoms with van der Waals surface area (Å²) in [7, 11) is 1.40. The molecule has 0 unspecified atom stereocenters. The Hall–Kier alpha value is -1.03. The van der Waals surface area contributed by atoms with Crippen molar-refractivity contribution in [1.29, 1.82) is 0 Å². The Balaban J connectivity index is 1.93. The fourth-order valence-corrected chi connectivity index (χ4v) is 3.20. The highest BCUT2D eigenvalue weighted by Crippen LogP contribution is 2.30. The molecule has 1 aromatic heterocycles. The van der Waals surface area contributed by atoms with Crippen LogP contribution in [-0.2, 0) is 4.74 Å². The highest BCUT2D eigenvalue weighted by atomic mass is 32.2. The van der Waals surface area contributed by atoms with E-state index in [2.05, 4.69) is 4.98 Å². The number of hydrogen-bond donors (Lipinski definition) is 0. The number of methoxy groups -OCH3 is 1. The van der Waals surface area contributed by atoms with Crippen molar-refractivity contribution in [2.45, 2.75) is 30.7 Å². The first-order valence-electron chi connectivity index (χ1n) is 5.97. The quantitative estimate of drug-likeness (QED) is 0.608. The van der Waals surface area contributed by atoms with E-state index in [0.29, 0.717) is 5.56 Å². The zero-order valence-electron chi connectivity index (χ0n) is 10.0. The highest BCUT2D eigenvalue weighted by Gasteiger charge is 2.15. The molecule has 1 heterocycles. The van der Waals surface area contributed by atoms with Gasteiger partial charge >= 0.3 is 5.97 Å². The van der Waals surface area contributed by atoms with Gasteiger partial charge in [-0.05, 0) is 30.9 Å². The number of ether oxygens (including phenoxy) is 1. The van der Waals surface area contributed by atoms with E-state index in [1.165, 1.54) is 32.8 Å². The van der Waals surface area contributed by atoms with Gasteiger partial charge < -0.3 is 4.74 Å². The van der Waals surface area contributed by atoms with Crippen LogP contribution in [0.4, 0.5) is 0 Å². The smallest absolute Gasteiger partial charge is 0.337 e. The van der Waals surface area contributed by atoms with E-state index in [4.69, 9.17) is 4.74 Å². The Morgan fingerprint density at radius 3 is 3.00 bits per heavy atom. The van der Waals surface area contributed by atoms with Crippen LogP contribution in [-0.4, -0.2) is 23.8 Å². The van der Waals surface area contributed by atoms with Gasteiger partial charge in [0.15, 0.2) is 0 Å². The SMILES string of the molecule is COC(=O)c1ccnc(SCC2CCCC2)c1. The van der Waals surface area contributed by atoms with Crippen molar-refractivity contribution in [2.75, 3.05) is 12.9 Å². The molecule has 0 atom stereocenters. The van der Waals surface area contributed by atoms with E-state index >= 15 is 0 Å². The maximum absolute atomic E-state index is 11.4. The molecule has 0 spiro atoms. The van der Waals surface area contributed by atoms with Crippen LogP contribution < -0.4 is 0 Å². The Labute approximate surface area is 106 Å². The highest BCUT2D eigenvalue weighted by molar-refractivity contribution is 7.99. The van der Waals surface area contributed by atoms with Gasteiger partial charge in [0.05, 0.1) is 17.7 Å². The van der Waals surface area contributed by atoms with Gasteiger partial charge in [-0.1, -0.05) is 12.8 Å². The zero-order chi connectivity index (χ0) is 12.1. The van der Waals surface area contributed by atoms with Gasteiger partial charge in [0.25, 0.3) is 0 Å². The lowest BCUT2D eigenvalue weighted by Gasteiger charge is -2.08. The van der Waals surface area contributed by atoms with Gasteiger partial charge in [-0.2, -0.15) is 0 Å². The van der Waals surface area contributed by atoms with Gasteiger partial charge in [-0.3, -0.25) is 0 Å². The summed E-state index contributed by atoms with van der Waals surface area (Å²) < 4.78 is 4.69. The fourth-order valence-electron chi connectivity index (χ4n) is 2.11. The van der Waals surface area contributed by atoms with Gasteiger partial charge in [0.1, 0.15) is 0 Å². The van der Waals surface area contributed by atoms with Crippen LogP contribution in [0, 0.1) is 5.92 Å². The number of rotatable bonds is 4. The maximum Gasteiger partial charge on any atom is 0.337 e. The molecule has 0 aliphatic heterocycles. The Bertz CT molecular complexity index is 389. The Morgan fingerprint density at radius 2 is 2.29 bits per heavy atom. The average molecular weight is 251 g/mol. The fraction of sp³-hybridized carbons (Fsp3) is 0.538. The number of nitrogens with zero attached hydrogens (tertiary/aromatic N) is 1. The molecular formula is C13H17NO2S. The third-order valence-corrected chi connectivity index (χ3v) is 4.25. The molecule has 0 bridgehead atoms. The topological polar surface area (TPSA) is 39.2 Å². The van der Waals surface area contributed by atoms with Gasteiger partial charge in [-0.25, -0.2) is 9.78 Å². The second-order valence-corrected chi connectivity index (χ2v) is 5.38. The predicted molar refractivity (Wildman–Crippen MR) is 68.3 cm³/mol. The molecule has 0 radical (unpaired) electrons. The molecule has 1 aliphatic rings. The van der Waals surface area contributed by atoms with Crippen molar-refractivity contribution in [3.8, 4) is 0 Å². The summed E-state index contributed by atoms with van der Waals surface area (Å²) in [5.74, 6) is 1.64. The minimum absolute atomic E-state index is 0.296. The Morgan fingerprint density at radius 1 is 1.53 bits per heavy atom. The first kappa shape index (κ1) is 12.4. The van der Waals surface area contributed by atoms with E-state index in [1.807, 2.05) is 6.07 Å². The summed E-state index contributed by atoms with van der Waals surface area (Å²) in [6, 6.07) is 3.50. The molecule has 1 aliphatic carbocycles. The molecule has 4 heteroatoms. The first-order chi connectivity index (χ1) is 8.29. The van der Waals surface area contributed by atoms with Crippen molar-refractivity contribution in [3.63, 3.8) is 0 Å². The van der Waals surface area contributed by atoms with Crippen molar-refractivity contribution in [3.05, 3.63) is 23.9 Å². The monoisotopic (exact) mass is 251 g/mol. The number of hydrogen-bond acceptors (Lipinski definition) is 4. The van der Waals surface area contributed by atoms with Gasteiger partial charge in [0.2, 0.25) is 0 Å². The molecule has 2 rings (SSSR count). The molecule has 1 saturated carbocycles. The molecule has 3 nitrogen and oxygen atoms in total. The molecule has 92 valence electrons. The zero-order valence-corrected chi connectivity index (χ0v) is 10.8. The molecule has 1 fully saturated rings. The summed E-state index contributed by atoms with van der Waals surface area (Å²) in [5.41, 5.74) is 0.580. The number of esters is 1. The number of pyridine rings is 1. The van der Waals surface area contributed by atoms with E-state index < -0.39 is 0 Å². The predicted octanol–water partition coefficient (Wildman–Crippen LogP) is 3.15. The second kappa shape index (κ2) is 6.05. The molecular weight excluding hydrogens is 234 g/mol. The summed E-state index contributed by atoms with van der Waals surface area (Å²) in [4.78, 5) is 15.6. The molecule has 0 saturated heterocycles. The number of carbonyl (C=O) groups excluding carboxylic acids is 1. The lowest BCUT2D eigenvalue weighted by atomic mass is 10.1. The van der Waals surface area contributed by atoms with Gasteiger partial charge in [-0.15, -0.1) is 11.8 Å². The molecule has 0 amide bonds. The normalized spacial score (nSPS) is 16.1. The number of thioether (sulfide) groups is 1. The summed E-state index contributed by atoms with van der Waals surface area (Å²) in [6.45, 7) is 0. The van der Waals surface area contributed by atoms with Crippen molar-refractivity contribution < 1.29 is 9.53 Å². The first-order valence-corrected chi connectivity index (χ1v) is 6.95. The standard InChI is InChI=1S/C13H17NO2S/c1-16-13(15)11-6-7-14-12(8-11)17-9-10-4-2-3-5-10/h6-8,10H,2-5,9H2,1H3. The largest absolute Gasteiger partial charge is 0.465 e. The average Bonchev–Trinajstić information content (AvgIpc) is 2.89. The summed E-state index contributed by atoms with van der Waals surface area (Å²) in [5, 5.41) is 0.916. The van der Waals surface area contributed by atoms with Crippen LogP contribution in [0.15, 0.2) is 23.4 Å². The van der Waals surface area contributed by atoms with Gasteiger partial charge in [0, 0.05) is 11.9 Å². The number of carbonyl (C=O) groups is 1. The van der Waals surface area contributed by atoms with Crippen LogP contribution in [0.3, 0.4) is 0 Å². The van der Waals surface area contributed by atoms with Crippen LogP contribution in [0.2, 0.25) is 0 Å². The van der Waals surface area contributed by atoms with Crippen LogP contribution >= 0.6 is 11.8 Å². The lowest BCUT2D eigenvalue weighted by Crippen LogP contribution is -2.02. The van der Waals surface area contributed by atoms with Crippen molar-refractivity contribution >= 4 is 17.7 Å². The molecule has 0 aromatic carbocycles. The maximum atomic E-state index is 11.4. The minimum atomic E-state index is -0.296. The van der Waals surface area contributed by atoms with Crippen LogP contribution in [0.25, 0.3) is 0 Å². The van der Waals surface area contributed by atoms with Crippen molar-refractivity contribution in [1.82, 2.24) is 4.98 Å². The summed E-state index contributed by atoms with van der Waals surface area (Å²) >= 11 is 1.74. The molecule has 0 N–H and O–H groups in total. The molecule has 17 heavy (non-hydrogen) atoms. The summed E-state index contributed by atoms with van der Waals surface area (Å²) in [6.07, 6.45) is 7.07. The minimum Gasteiger partial charge on any atom is -0.465 e. The van der Waals surface area contributed by atoms with Crippen LogP contribution in [0.5, 0.6) is 0 Å².